The summed E-state index contributed by atoms with van der Waals surface area (Å²) in [5, 5.41) is 8.74. The van der Waals surface area contributed by atoms with Gasteiger partial charge in [-0.15, -0.1) is 0 Å². The van der Waals surface area contributed by atoms with E-state index in [1.807, 2.05) is 0 Å². The Labute approximate surface area is 93.0 Å². The fraction of sp³-hybridized carbons (Fsp3) is 1.00. The summed E-state index contributed by atoms with van der Waals surface area (Å²) in [7, 11) is 0. The SMILES string of the molecule is CC1CCCC(CN)(OCCCO)CC1. The highest BCUT2D eigenvalue weighted by atomic mass is 16.5. The third kappa shape index (κ3) is 4.09. The molecular weight excluding hydrogens is 190 g/mol. The lowest BCUT2D eigenvalue weighted by atomic mass is 9.93. The van der Waals surface area contributed by atoms with Gasteiger partial charge < -0.3 is 15.6 Å². The van der Waals surface area contributed by atoms with Crippen LogP contribution in [-0.2, 0) is 4.74 Å². The minimum absolute atomic E-state index is 0.0973. The van der Waals surface area contributed by atoms with Crippen LogP contribution >= 0.6 is 0 Å². The standard InChI is InChI=1S/C12H25NO2/c1-11-4-2-6-12(10-13,7-5-11)15-9-3-8-14/h11,14H,2-10,13H2,1H3. The molecule has 3 N–H and O–H groups in total. The van der Waals surface area contributed by atoms with Crippen molar-refractivity contribution >= 4 is 0 Å². The van der Waals surface area contributed by atoms with Crippen LogP contribution in [0.25, 0.3) is 0 Å². The minimum atomic E-state index is -0.0973. The molecule has 90 valence electrons. The van der Waals surface area contributed by atoms with Crippen molar-refractivity contribution in [1.29, 1.82) is 0 Å². The van der Waals surface area contributed by atoms with Gasteiger partial charge in [0.25, 0.3) is 0 Å². The van der Waals surface area contributed by atoms with Crippen LogP contribution < -0.4 is 5.73 Å². The van der Waals surface area contributed by atoms with Gasteiger partial charge in [0.1, 0.15) is 0 Å². The third-order valence-electron chi connectivity index (χ3n) is 3.50. The fourth-order valence-corrected chi connectivity index (χ4v) is 2.31. The van der Waals surface area contributed by atoms with Gasteiger partial charge in [0.15, 0.2) is 0 Å². The molecule has 0 spiro atoms. The molecule has 3 nitrogen and oxygen atoms in total. The zero-order valence-corrected chi connectivity index (χ0v) is 9.87. The van der Waals surface area contributed by atoms with Crippen molar-refractivity contribution in [2.45, 2.75) is 51.0 Å². The van der Waals surface area contributed by atoms with E-state index in [4.69, 9.17) is 15.6 Å². The molecule has 3 heteroatoms. The van der Waals surface area contributed by atoms with Gasteiger partial charge in [-0.1, -0.05) is 19.8 Å². The van der Waals surface area contributed by atoms with Crippen LogP contribution in [0, 0.1) is 5.92 Å². The Kier molecular flexibility index (Phi) is 5.58. The highest BCUT2D eigenvalue weighted by Crippen LogP contribution is 2.32. The first-order valence-corrected chi connectivity index (χ1v) is 6.17. The van der Waals surface area contributed by atoms with Gasteiger partial charge in [-0.25, -0.2) is 0 Å². The molecule has 0 aromatic heterocycles. The molecule has 0 bridgehead atoms. The molecule has 15 heavy (non-hydrogen) atoms. The summed E-state index contributed by atoms with van der Waals surface area (Å²) >= 11 is 0. The highest BCUT2D eigenvalue weighted by Gasteiger charge is 2.31. The zero-order valence-electron chi connectivity index (χ0n) is 9.87. The van der Waals surface area contributed by atoms with Crippen LogP contribution in [0.2, 0.25) is 0 Å². The Morgan fingerprint density at radius 3 is 2.87 bits per heavy atom. The zero-order chi connectivity index (χ0) is 11.1. The molecule has 0 aromatic rings. The molecule has 2 unspecified atom stereocenters. The predicted octanol–water partition coefficient (Wildman–Crippen LogP) is 1.68. The van der Waals surface area contributed by atoms with Crippen molar-refractivity contribution < 1.29 is 9.84 Å². The summed E-state index contributed by atoms with van der Waals surface area (Å²) in [4.78, 5) is 0. The van der Waals surface area contributed by atoms with E-state index in [0.717, 1.165) is 25.2 Å². The summed E-state index contributed by atoms with van der Waals surface area (Å²) in [6, 6.07) is 0. The molecule has 0 saturated heterocycles. The molecule has 0 aromatic carbocycles. The molecule has 0 amide bonds. The molecule has 1 fully saturated rings. The summed E-state index contributed by atoms with van der Waals surface area (Å²) < 4.78 is 5.90. The van der Waals surface area contributed by atoms with Crippen LogP contribution in [0.3, 0.4) is 0 Å². The first-order chi connectivity index (χ1) is 7.22. The van der Waals surface area contributed by atoms with E-state index in [0.29, 0.717) is 13.2 Å². The molecule has 1 aliphatic carbocycles. The maximum absolute atomic E-state index is 8.74. The number of hydrogen-bond acceptors (Lipinski definition) is 3. The first kappa shape index (κ1) is 12.9. The summed E-state index contributed by atoms with van der Waals surface area (Å²) in [5.41, 5.74) is 5.75. The lowest BCUT2D eigenvalue weighted by Crippen LogP contribution is -2.40. The Morgan fingerprint density at radius 2 is 2.20 bits per heavy atom. The van der Waals surface area contributed by atoms with Crippen LogP contribution in [0.5, 0.6) is 0 Å². The molecular formula is C12H25NO2. The molecule has 0 heterocycles. The van der Waals surface area contributed by atoms with Gasteiger partial charge in [0, 0.05) is 19.8 Å². The van der Waals surface area contributed by atoms with E-state index in [-0.39, 0.29) is 12.2 Å². The average Bonchev–Trinajstić information content (AvgIpc) is 2.42. The van der Waals surface area contributed by atoms with Crippen LogP contribution in [-0.4, -0.2) is 30.5 Å². The Hall–Kier alpha value is -0.120. The van der Waals surface area contributed by atoms with Crippen molar-refractivity contribution in [3.8, 4) is 0 Å². The van der Waals surface area contributed by atoms with Crippen molar-refractivity contribution in [2.24, 2.45) is 11.7 Å². The van der Waals surface area contributed by atoms with Gasteiger partial charge in [0.05, 0.1) is 5.60 Å². The third-order valence-corrected chi connectivity index (χ3v) is 3.50. The Balaban J connectivity index is 2.42. The molecule has 0 radical (unpaired) electrons. The van der Waals surface area contributed by atoms with Gasteiger partial charge in [0.2, 0.25) is 0 Å². The lowest BCUT2D eigenvalue weighted by Gasteiger charge is -2.31. The van der Waals surface area contributed by atoms with E-state index in [1.54, 1.807) is 0 Å². The van der Waals surface area contributed by atoms with Crippen LogP contribution in [0.15, 0.2) is 0 Å². The quantitative estimate of drug-likeness (QED) is 0.542. The molecule has 1 saturated carbocycles. The topological polar surface area (TPSA) is 55.5 Å². The molecule has 0 aliphatic heterocycles. The maximum atomic E-state index is 8.74. The fourth-order valence-electron chi connectivity index (χ4n) is 2.31. The average molecular weight is 215 g/mol. The van der Waals surface area contributed by atoms with E-state index >= 15 is 0 Å². The van der Waals surface area contributed by atoms with Crippen LogP contribution in [0.4, 0.5) is 0 Å². The smallest absolute Gasteiger partial charge is 0.0804 e. The van der Waals surface area contributed by atoms with E-state index in [1.165, 1.54) is 19.3 Å². The second-order valence-electron chi connectivity index (χ2n) is 4.85. The largest absolute Gasteiger partial charge is 0.396 e. The first-order valence-electron chi connectivity index (χ1n) is 6.17. The minimum Gasteiger partial charge on any atom is -0.396 e. The Bertz CT molecular complexity index is 175. The molecule has 1 rings (SSSR count). The monoisotopic (exact) mass is 215 g/mol. The second-order valence-corrected chi connectivity index (χ2v) is 4.85. The second kappa shape index (κ2) is 6.46. The number of aliphatic hydroxyl groups is 1. The van der Waals surface area contributed by atoms with Crippen molar-refractivity contribution in [3.63, 3.8) is 0 Å². The summed E-state index contributed by atoms with van der Waals surface area (Å²) in [6.07, 6.45) is 6.62. The van der Waals surface area contributed by atoms with E-state index < -0.39 is 0 Å². The number of ether oxygens (including phenoxy) is 1. The van der Waals surface area contributed by atoms with Crippen LogP contribution in [0.1, 0.15) is 45.4 Å². The predicted molar refractivity (Wildman–Crippen MR) is 61.7 cm³/mol. The number of aliphatic hydroxyl groups excluding tert-OH is 1. The summed E-state index contributed by atoms with van der Waals surface area (Å²) in [5.74, 6) is 0.805. The van der Waals surface area contributed by atoms with Crippen molar-refractivity contribution in [2.75, 3.05) is 19.8 Å². The van der Waals surface area contributed by atoms with E-state index in [9.17, 15) is 0 Å². The number of rotatable bonds is 5. The molecule has 2 atom stereocenters. The number of nitrogens with two attached hydrogens (primary N) is 1. The van der Waals surface area contributed by atoms with Crippen molar-refractivity contribution in [3.05, 3.63) is 0 Å². The van der Waals surface area contributed by atoms with Gasteiger partial charge >= 0.3 is 0 Å². The maximum Gasteiger partial charge on any atom is 0.0804 e. The lowest BCUT2D eigenvalue weighted by molar-refractivity contribution is -0.0538. The molecule has 1 aliphatic rings. The van der Waals surface area contributed by atoms with Gasteiger partial charge in [-0.3, -0.25) is 0 Å². The van der Waals surface area contributed by atoms with Crippen molar-refractivity contribution in [1.82, 2.24) is 0 Å². The normalized spacial score (nSPS) is 32.6. The van der Waals surface area contributed by atoms with Gasteiger partial charge in [-0.05, 0) is 31.6 Å². The van der Waals surface area contributed by atoms with Gasteiger partial charge in [-0.2, -0.15) is 0 Å². The number of hydrogen-bond donors (Lipinski definition) is 2. The Morgan fingerprint density at radius 1 is 1.40 bits per heavy atom. The van der Waals surface area contributed by atoms with E-state index in [2.05, 4.69) is 6.92 Å². The highest BCUT2D eigenvalue weighted by molar-refractivity contribution is 4.85. The summed E-state index contributed by atoms with van der Waals surface area (Å²) in [6.45, 7) is 3.77.